The molecule has 0 aliphatic heterocycles. The molecule has 0 saturated carbocycles. The van der Waals surface area contributed by atoms with E-state index in [4.69, 9.17) is 11.6 Å². The van der Waals surface area contributed by atoms with Gasteiger partial charge in [-0.15, -0.1) is 0 Å². The zero-order valence-corrected chi connectivity index (χ0v) is 12.1. The molecule has 0 aliphatic rings. The molecule has 0 amide bonds. The Morgan fingerprint density at radius 2 is 1.81 bits per heavy atom. The average Bonchev–Trinajstić information content (AvgIpc) is 2.42. The molecule has 1 aromatic carbocycles. The van der Waals surface area contributed by atoms with Crippen LogP contribution in [-0.2, 0) is 10.2 Å². The Bertz CT molecular complexity index is 434. The van der Waals surface area contributed by atoms with Crippen molar-refractivity contribution < 1.29 is 28.1 Å². The van der Waals surface area contributed by atoms with E-state index < -0.39 is 18.2 Å². The topological polar surface area (TPSA) is 49.7 Å². The molecule has 0 atom stereocenters. The van der Waals surface area contributed by atoms with Gasteiger partial charge in [-0.2, -0.15) is 13.2 Å². The molecular weight excluding hydrogens is 309 g/mol. The Balaban J connectivity index is 2.61. The number of aliphatic hydroxyl groups excluding tert-OH is 2. The van der Waals surface area contributed by atoms with Crippen LogP contribution in [0.5, 0.6) is 0 Å². The molecule has 0 spiro atoms. The molecule has 0 saturated heterocycles. The number of halogens is 4. The summed E-state index contributed by atoms with van der Waals surface area (Å²) in [5.74, 6) is 0. The molecule has 3 nitrogen and oxygen atoms in total. The summed E-state index contributed by atoms with van der Waals surface area (Å²) in [5.41, 5.74) is -0.289. The van der Waals surface area contributed by atoms with E-state index in [2.05, 4.69) is 4.74 Å². The van der Waals surface area contributed by atoms with E-state index in [1.807, 2.05) is 0 Å². The lowest BCUT2D eigenvalue weighted by Crippen LogP contribution is -2.35. The number of hydrogen-bond acceptors (Lipinski definition) is 3. The van der Waals surface area contributed by atoms with Crippen LogP contribution in [0.1, 0.15) is 18.4 Å². The fourth-order valence-corrected chi connectivity index (χ4v) is 2.24. The van der Waals surface area contributed by atoms with E-state index in [1.165, 1.54) is 0 Å². The van der Waals surface area contributed by atoms with Crippen LogP contribution in [0, 0.1) is 0 Å². The molecule has 1 aromatic rings. The van der Waals surface area contributed by atoms with Gasteiger partial charge in [0.05, 0.1) is 13.2 Å². The predicted octanol–water partition coefficient (Wildman–Crippen LogP) is 2.92. The smallest absolute Gasteiger partial charge is 0.395 e. The van der Waals surface area contributed by atoms with Crippen molar-refractivity contribution >= 4 is 11.6 Å². The minimum absolute atomic E-state index is 0.0954. The Labute approximate surface area is 126 Å². The average molecular weight is 327 g/mol. The molecule has 21 heavy (non-hydrogen) atoms. The van der Waals surface area contributed by atoms with E-state index in [0.717, 1.165) is 0 Å². The summed E-state index contributed by atoms with van der Waals surface area (Å²) in [7, 11) is 0. The molecule has 1 rings (SSSR count). The van der Waals surface area contributed by atoms with E-state index in [-0.39, 0.29) is 32.7 Å². The first-order valence-electron chi connectivity index (χ1n) is 6.45. The third-order valence-corrected chi connectivity index (χ3v) is 3.49. The maximum atomic E-state index is 11.9. The fraction of sp³-hybridized carbons (Fsp3) is 0.571. The van der Waals surface area contributed by atoms with Gasteiger partial charge in [-0.3, -0.25) is 0 Å². The van der Waals surface area contributed by atoms with Crippen molar-refractivity contribution in [3.8, 4) is 0 Å². The summed E-state index contributed by atoms with van der Waals surface area (Å²) < 4.78 is 40.3. The molecule has 0 fully saturated rings. The van der Waals surface area contributed by atoms with Gasteiger partial charge in [-0.25, -0.2) is 0 Å². The maximum absolute atomic E-state index is 11.9. The van der Waals surface area contributed by atoms with Gasteiger partial charge in [0.25, 0.3) is 0 Å². The SMILES string of the molecule is OCC(CO)(CCCOCC(F)(F)F)c1cccc(Cl)c1. The molecule has 0 aliphatic carbocycles. The highest BCUT2D eigenvalue weighted by Gasteiger charge is 2.31. The van der Waals surface area contributed by atoms with Crippen molar-refractivity contribution in [2.45, 2.75) is 24.4 Å². The van der Waals surface area contributed by atoms with Gasteiger partial charge in [0, 0.05) is 17.0 Å². The lowest BCUT2D eigenvalue weighted by Gasteiger charge is -2.30. The molecule has 0 bridgehead atoms. The summed E-state index contributed by atoms with van der Waals surface area (Å²) in [6.45, 7) is -2.05. The van der Waals surface area contributed by atoms with E-state index >= 15 is 0 Å². The van der Waals surface area contributed by atoms with E-state index in [0.29, 0.717) is 10.6 Å². The van der Waals surface area contributed by atoms with Crippen LogP contribution in [0.3, 0.4) is 0 Å². The van der Waals surface area contributed by atoms with Crippen LogP contribution in [-0.4, -0.2) is 42.8 Å². The van der Waals surface area contributed by atoms with Crippen LogP contribution in [0.15, 0.2) is 24.3 Å². The third-order valence-electron chi connectivity index (χ3n) is 3.25. The van der Waals surface area contributed by atoms with Crippen molar-refractivity contribution in [3.05, 3.63) is 34.9 Å². The Hall–Kier alpha value is -0.820. The number of rotatable bonds is 8. The third kappa shape index (κ3) is 5.82. The van der Waals surface area contributed by atoms with Crippen molar-refractivity contribution in [2.75, 3.05) is 26.4 Å². The Kier molecular flexibility index (Phi) is 6.93. The van der Waals surface area contributed by atoms with Crippen molar-refractivity contribution in [3.63, 3.8) is 0 Å². The summed E-state index contributed by atoms with van der Waals surface area (Å²) in [5, 5.41) is 19.6. The van der Waals surface area contributed by atoms with Gasteiger partial charge in [-0.1, -0.05) is 23.7 Å². The number of alkyl halides is 3. The summed E-state index contributed by atoms with van der Waals surface area (Å²) in [4.78, 5) is 0. The highest BCUT2D eigenvalue weighted by Crippen LogP contribution is 2.30. The van der Waals surface area contributed by atoms with Crippen LogP contribution in [0.25, 0.3) is 0 Å². The standard InChI is InChI=1S/C14H18ClF3O3/c15-12-4-1-3-11(7-12)13(8-19,9-20)5-2-6-21-10-14(16,17)18/h1,3-4,7,19-20H,2,5-6,8-10H2. The number of hydrogen-bond donors (Lipinski definition) is 2. The van der Waals surface area contributed by atoms with Gasteiger partial charge in [-0.05, 0) is 30.5 Å². The molecule has 2 N–H and O–H groups in total. The second kappa shape index (κ2) is 7.98. The summed E-state index contributed by atoms with van der Waals surface area (Å²) in [6.07, 6.45) is -3.78. The normalized spacial score (nSPS) is 12.7. The first-order valence-corrected chi connectivity index (χ1v) is 6.83. The van der Waals surface area contributed by atoms with Crippen LogP contribution in [0.4, 0.5) is 13.2 Å². The number of aliphatic hydroxyl groups is 2. The van der Waals surface area contributed by atoms with Gasteiger partial charge >= 0.3 is 6.18 Å². The zero-order valence-electron chi connectivity index (χ0n) is 11.4. The van der Waals surface area contributed by atoms with Crippen molar-refractivity contribution in [1.29, 1.82) is 0 Å². The van der Waals surface area contributed by atoms with Crippen LogP contribution >= 0.6 is 11.6 Å². The molecule has 0 heterocycles. The quantitative estimate of drug-likeness (QED) is 0.722. The Morgan fingerprint density at radius 1 is 1.14 bits per heavy atom. The van der Waals surface area contributed by atoms with Gasteiger partial charge < -0.3 is 14.9 Å². The maximum Gasteiger partial charge on any atom is 0.411 e. The number of benzene rings is 1. The second-order valence-corrected chi connectivity index (χ2v) is 5.31. The minimum Gasteiger partial charge on any atom is -0.395 e. The first-order chi connectivity index (χ1) is 9.83. The predicted molar refractivity (Wildman–Crippen MR) is 73.4 cm³/mol. The number of ether oxygens (including phenoxy) is 1. The highest BCUT2D eigenvalue weighted by molar-refractivity contribution is 6.30. The molecular formula is C14H18ClF3O3. The van der Waals surface area contributed by atoms with Crippen LogP contribution < -0.4 is 0 Å². The molecule has 0 unspecified atom stereocenters. The van der Waals surface area contributed by atoms with E-state index in [1.54, 1.807) is 24.3 Å². The van der Waals surface area contributed by atoms with Crippen molar-refractivity contribution in [1.82, 2.24) is 0 Å². The highest BCUT2D eigenvalue weighted by atomic mass is 35.5. The largest absolute Gasteiger partial charge is 0.411 e. The first kappa shape index (κ1) is 18.2. The zero-order chi connectivity index (χ0) is 15.9. The molecule has 0 aromatic heterocycles. The van der Waals surface area contributed by atoms with E-state index in [9.17, 15) is 23.4 Å². The fourth-order valence-electron chi connectivity index (χ4n) is 2.05. The minimum atomic E-state index is -4.35. The lowest BCUT2D eigenvalue weighted by molar-refractivity contribution is -0.174. The van der Waals surface area contributed by atoms with Gasteiger partial charge in [0.2, 0.25) is 0 Å². The monoisotopic (exact) mass is 326 g/mol. The van der Waals surface area contributed by atoms with Gasteiger partial charge in [0.1, 0.15) is 6.61 Å². The van der Waals surface area contributed by atoms with Crippen LogP contribution in [0.2, 0.25) is 5.02 Å². The Morgan fingerprint density at radius 3 is 2.33 bits per heavy atom. The molecule has 7 heteroatoms. The lowest BCUT2D eigenvalue weighted by atomic mass is 9.78. The van der Waals surface area contributed by atoms with Gasteiger partial charge in [0.15, 0.2) is 0 Å². The molecule has 120 valence electrons. The summed E-state index contributed by atoms with van der Waals surface area (Å²) in [6, 6.07) is 6.70. The molecule has 0 radical (unpaired) electrons. The summed E-state index contributed by atoms with van der Waals surface area (Å²) >= 11 is 5.89. The second-order valence-electron chi connectivity index (χ2n) is 4.88. The van der Waals surface area contributed by atoms with Crippen molar-refractivity contribution in [2.24, 2.45) is 0 Å².